The van der Waals surface area contributed by atoms with E-state index >= 15 is 0 Å². The molecule has 0 radical (unpaired) electrons. The van der Waals surface area contributed by atoms with Crippen molar-refractivity contribution in [3.05, 3.63) is 59.8 Å². The van der Waals surface area contributed by atoms with E-state index in [4.69, 9.17) is 9.47 Å². The summed E-state index contributed by atoms with van der Waals surface area (Å²) in [4.78, 5) is 12.2. The predicted molar refractivity (Wildman–Crippen MR) is 147 cm³/mol. The smallest absolute Gasteiger partial charge is 0.243 e. The van der Waals surface area contributed by atoms with Gasteiger partial charge in [-0.25, -0.2) is 0 Å². The van der Waals surface area contributed by atoms with Gasteiger partial charge in [-0.05, 0) is 59.4 Å². The molecule has 0 aromatic rings. The molecule has 2 aliphatic rings. The van der Waals surface area contributed by atoms with Crippen LogP contribution in [0.25, 0.3) is 0 Å². The lowest BCUT2D eigenvalue weighted by atomic mass is 9.97. The lowest BCUT2D eigenvalue weighted by molar-refractivity contribution is -0.241. The number of nitrogens with one attached hydrogen (secondary N) is 2. The summed E-state index contributed by atoms with van der Waals surface area (Å²) in [6.45, 7) is 11.2. The zero-order valence-electron chi connectivity index (χ0n) is 23.1. The number of amides is 1. The number of ether oxygens (including phenoxy) is 2. The van der Waals surface area contributed by atoms with Crippen molar-refractivity contribution in [3.8, 4) is 0 Å². The molecule has 0 aliphatic carbocycles. The molecule has 36 heavy (non-hydrogen) atoms. The van der Waals surface area contributed by atoms with Crippen molar-refractivity contribution < 1.29 is 19.4 Å². The fourth-order valence-corrected chi connectivity index (χ4v) is 4.68. The Bertz CT molecular complexity index is 817. The van der Waals surface area contributed by atoms with Crippen LogP contribution in [0.3, 0.4) is 0 Å². The van der Waals surface area contributed by atoms with E-state index < -0.39 is 12.4 Å². The van der Waals surface area contributed by atoms with Crippen molar-refractivity contribution in [2.45, 2.75) is 97.4 Å². The molecule has 7 atom stereocenters. The summed E-state index contributed by atoms with van der Waals surface area (Å²) >= 11 is 0. The summed E-state index contributed by atoms with van der Waals surface area (Å²) in [5.74, 6) is 0.435. The maximum Gasteiger partial charge on any atom is 0.243 e. The van der Waals surface area contributed by atoms with E-state index in [1.54, 1.807) is 12.2 Å². The van der Waals surface area contributed by atoms with Gasteiger partial charge in [0.05, 0.1) is 24.4 Å². The topological polar surface area (TPSA) is 79.8 Å². The van der Waals surface area contributed by atoms with Gasteiger partial charge in [0, 0.05) is 25.0 Å². The van der Waals surface area contributed by atoms with Gasteiger partial charge in [-0.2, -0.15) is 0 Å². The molecule has 0 bridgehead atoms. The third-order valence-corrected chi connectivity index (χ3v) is 6.96. The van der Waals surface area contributed by atoms with E-state index in [2.05, 4.69) is 68.7 Å². The van der Waals surface area contributed by atoms with Crippen molar-refractivity contribution in [1.29, 1.82) is 0 Å². The minimum absolute atomic E-state index is 0.0771. The number of carbonyl (C=O) groups excluding carboxylic acids is 1. The number of hydrogen-bond donors (Lipinski definition) is 3. The largest absolute Gasteiger partial charge is 0.391 e. The van der Waals surface area contributed by atoms with Crippen molar-refractivity contribution >= 4 is 5.91 Å². The molecule has 3 N–H and O–H groups in total. The third-order valence-electron chi connectivity index (χ3n) is 6.96. The Hall–Kier alpha value is -1.99. The molecule has 1 amide bonds. The highest BCUT2D eigenvalue weighted by Crippen LogP contribution is 2.26. The number of aliphatic hydroxyl groups is 1. The van der Waals surface area contributed by atoms with Crippen LogP contribution in [0.15, 0.2) is 59.8 Å². The Kier molecular flexibility index (Phi) is 13.4. The average molecular weight is 501 g/mol. The van der Waals surface area contributed by atoms with Gasteiger partial charge in [-0.15, -0.1) is 0 Å². The van der Waals surface area contributed by atoms with Gasteiger partial charge in [0.15, 0.2) is 6.29 Å². The molecule has 0 unspecified atom stereocenters. The molecule has 1 fully saturated rings. The van der Waals surface area contributed by atoms with E-state index in [1.807, 2.05) is 20.0 Å². The van der Waals surface area contributed by atoms with Crippen molar-refractivity contribution in [2.24, 2.45) is 11.8 Å². The minimum atomic E-state index is -0.524. The molecular weight excluding hydrogens is 452 g/mol. The van der Waals surface area contributed by atoms with E-state index in [9.17, 15) is 9.90 Å². The molecular formula is C30H48N2O4. The quantitative estimate of drug-likeness (QED) is 0.477. The molecule has 0 spiro atoms. The normalized spacial score (nSPS) is 39.5. The summed E-state index contributed by atoms with van der Waals surface area (Å²) in [6, 6.07) is -0.105. The van der Waals surface area contributed by atoms with Crippen molar-refractivity contribution in [1.82, 2.24) is 10.6 Å². The molecule has 2 aliphatic heterocycles. The molecule has 202 valence electrons. The minimum Gasteiger partial charge on any atom is -0.391 e. The van der Waals surface area contributed by atoms with Crippen LogP contribution >= 0.6 is 0 Å². The van der Waals surface area contributed by atoms with Crippen LogP contribution in [0.2, 0.25) is 0 Å². The Morgan fingerprint density at radius 1 is 1.14 bits per heavy atom. The predicted octanol–water partition coefficient (Wildman–Crippen LogP) is 4.98. The second kappa shape index (κ2) is 16.0. The van der Waals surface area contributed by atoms with E-state index in [0.29, 0.717) is 18.9 Å². The first kappa shape index (κ1) is 30.2. The summed E-state index contributed by atoms with van der Waals surface area (Å²) < 4.78 is 12.5. The molecule has 0 aromatic heterocycles. The van der Waals surface area contributed by atoms with Gasteiger partial charge >= 0.3 is 0 Å². The first-order valence-electron chi connectivity index (χ1n) is 13.5. The fourth-order valence-electron chi connectivity index (χ4n) is 4.68. The molecule has 2 heterocycles. The molecule has 2 rings (SSSR count). The average Bonchev–Trinajstić information content (AvgIpc) is 2.82. The summed E-state index contributed by atoms with van der Waals surface area (Å²) in [5, 5.41) is 16.7. The summed E-state index contributed by atoms with van der Waals surface area (Å²) in [6.07, 6.45) is 19.0. The van der Waals surface area contributed by atoms with Crippen LogP contribution < -0.4 is 10.6 Å². The van der Waals surface area contributed by atoms with Crippen molar-refractivity contribution in [2.75, 3.05) is 13.6 Å². The molecule has 0 aromatic carbocycles. The number of likely N-dealkylation sites (N-methyl/N-ethyl adjacent to an activating group) is 1. The SMILES string of the molecule is CN[C@@H]1[C@H](C)O[C@H](O[C@H]2C/C=C(/C)C/C(C)=C\C=C/CC[C@@H](C)CNC(=O)/C=C\C=C/[C@H]2C)C[C@@H]1O. The standard InChI is InChI=1S/C30H48N2O4/c1-21-12-8-7-9-13-23(3)20-32-28(34)15-11-10-14-24(4)27(17-16-22(2)18-21)36-29-19-26(33)30(31-6)25(5)35-29/h7-8,10-12,14-16,23-27,29-31,33H,9,13,17-20H2,1-6H3,(H,32,34)/b8-7-,14-10-,15-11-,21-12-,22-16-/t23-,24-,25+,26+,27+,29-,30-/m1/s1. The zero-order valence-corrected chi connectivity index (χ0v) is 23.1. The molecule has 0 saturated carbocycles. The van der Waals surface area contributed by atoms with Gasteiger partial charge in [0.1, 0.15) is 0 Å². The fraction of sp³-hybridized carbons (Fsp3) is 0.633. The maximum atomic E-state index is 12.2. The number of hydrogen-bond acceptors (Lipinski definition) is 5. The van der Waals surface area contributed by atoms with Gasteiger partial charge in [0.25, 0.3) is 0 Å². The van der Waals surface area contributed by atoms with E-state index in [1.165, 1.54) is 11.1 Å². The molecule has 1 saturated heterocycles. The van der Waals surface area contributed by atoms with Crippen LogP contribution in [0.1, 0.15) is 66.7 Å². The highest BCUT2D eigenvalue weighted by atomic mass is 16.7. The maximum absolute atomic E-state index is 12.2. The Labute approximate surface area is 218 Å². The van der Waals surface area contributed by atoms with Crippen LogP contribution in [0.5, 0.6) is 0 Å². The van der Waals surface area contributed by atoms with Gasteiger partial charge in [-0.1, -0.05) is 67.5 Å². The lowest BCUT2D eigenvalue weighted by Crippen LogP contribution is -2.54. The third kappa shape index (κ3) is 11.0. The molecule has 6 heteroatoms. The van der Waals surface area contributed by atoms with Gasteiger partial charge in [-0.3, -0.25) is 4.79 Å². The number of carbonyl (C=O) groups is 1. The monoisotopic (exact) mass is 500 g/mol. The van der Waals surface area contributed by atoms with E-state index in [-0.39, 0.29) is 30.1 Å². The first-order valence-corrected chi connectivity index (χ1v) is 13.5. The Morgan fingerprint density at radius 3 is 2.64 bits per heavy atom. The highest BCUT2D eigenvalue weighted by molar-refractivity contribution is 5.87. The Morgan fingerprint density at radius 2 is 1.92 bits per heavy atom. The van der Waals surface area contributed by atoms with Gasteiger partial charge < -0.3 is 25.2 Å². The number of aliphatic hydroxyl groups excluding tert-OH is 1. The van der Waals surface area contributed by atoms with Crippen LogP contribution in [0.4, 0.5) is 0 Å². The van der Waals surface area contributed by atoms with Crippen LogP contribution in [-0.2, 0) is 14.3 Å². The molecule has 6 nitrogen and oxygen atoms in total. The van der Waals surface area contributed by atoms with Crippen molar-refractivity contribution in [3.63, 3.8) is 0 Å². The summed E-state index contributed by atoms with van der Waals surface area (Å²) in [7, 11) is 1.84. The second-order valence-corrected chi connectivity index (χ2v) is 10.5. The summed E-state index contributed by atoms with van der Waals surface area (Å²) in [5.41, 5.74) is 2.62. The first-order chi connectivity index (χ1) is 17.2. The lowest BCUT2D eigenvalue weighted by Gasteiger charge is -2.39. The number of rotatable bonds is 3. The number of allylic oxidation sites excluding steroid dienone is 7. The van der Waals surface area contributed by atoms with Gasteiger partial charge in [0.2, 0.25) is 5.91 Å². The van der Waals surface area contributed by atoms with E-state index in [0.717, 1.165) is 25.7 Å². The zero-order chi connectivity index (χ0) is 26.5. The van der Waals surface area contributed by atoms with Crippen LogP contribution in [0, 0.1) is 11.8 Å². The Balaban J connectivity index is 2.18. The highest BCUT2D eigenvalue weighted by Gasteiger charge is 2.36. The second-order valence-electron chi connectivity index (χ2n) is 10.5. The van der Waals surface area contributed by atoms with Crippen LogP contribution in [-0.4, -0.2) is 55.2 Å².